The molecule has 0 unspecified atom stereocenters. The van der Waals surface area contributed by atoms with Crippen molar-refractivity contribution in [3.05, 3.63) is 120 Å². The monoisotopic (exact) mass is 740 g/mol. The van der Waals surface area contributed by atoms with Crippen LogP contribution < -0.4 is 18.9 Å². The Labute approximate surface area is 318 Å². The second kappa shape index (κ2) is 15.0. The summed E-state index contributed by atoms with van der Waals surface area (Å²) in [4.78, 5) is 63.4. The first-order chi connectivity index (χ1) is 26.0. The lowest BCUT2D eigenvalue weighted by Crippen LogP contribution is -2.28. The van der Waals surface area contributed by atoms with Crippen molar-refractivity contribution in [3.8, 4) is 34.5 Å². The van der Waals surface area contributed by atoms with Crippen molar-refractivity contribution in [3.63, 3.8) is 0 Å². The molecule has 0 aliphatic carbocycles. The molecule has 2 aromatic heterocycles. The molecule has 0 radical (unpaired) electrons. The summed E-state index contributed by atoms with van der Waals surface area (Å²) in [7, 11) is 0. The van der Waals surface area contributed by atoms with Crippen LogP contribution in [-0.2, 0) is 14.3 Å². The number of pyridine rings is 2. The molecular weight excluding hydrogens is 700 g/mol. The van der Waals surface area contributed by atoms with E-state index in [9.17, 15) is 19.2 Å². The smallest absolute Gasteiger partial charge is 0.368 e. The van der Waals surface area contributed by atoms with E-state index in [4.69, 9.17) is 23.7 Å². The number of ether oxygens (including phenoxy) is 5. The highest BCUT2D eigenvalue weighted by Gasteiger charge is 2.33. The van der Waals surface area contributed by atoms with E-state index in [1.54, 1.807) is 116 Å². The third-order valence-electron chi connectivity index (χ3n) is 8.38. The highest BCUT2D eigenvalue weighted by molar-refractivity contribution is 6.09. The van der Waals surface area contributed by atoms with Crippen LogP contribution in [0.15, 0.2) is 97.1 Å². The van der Waals surface area contributed by atoms with Gasteiger partial charge >= 0.3 is 23.9 Å². The van der Waals surface area contributed by atoms with Crippen LogP contribution >= 0.6 is 0 Å². The lowest BCUT2D eigenvalue weighted by Gasteiger charge is -2.20. The fourth-order valence-corrected chi connectivity index (χ4v) is 5.39. The molecule has 280 valence electrons. The van der Waals surface area contributed by atoms with Crippen molar-refractivity contribution < 1.29 is 42.9 Å². The maximum atomic E-state index is 14.0. The first kappa shape index (κ1) is 38.1. The molecule has 0 saturated carbocycles. The van der Waals surface area contributed by atoms with Crippen LogP contribution in [0.4, 0.5) is 0 Å². The number of para-hydroxylation sites is 2. The summed E-state index contributed by atoms with van der Waals surface area (Å²) in [6.45, 7) is 13.3. The van der Waals surface area contributed by atoms with Gasteiger partial charge in [-0.2, -0.15) is 0 Å². The van der Waals surface area contributed by atoms with Crippen LogP contribution in [0.2, 0.25) is 0 Å². The number of esters is 4. The quantitative estimate of drug-likeness (QED) is 0.109. The van der Waals surface area contributed by atoms with E-state index in [-0.39, 0.29) is 11.5 Å². The third kappa shape index (κ3) is 8.46. The van der Waals surface area contributed by atoms with Gasteiger partial charge in [-0.25, -0.2) is 19.6 Å². The molecule has 11 heteroatoms. The van der Waals surface area contributed by atoms with Crippen molar-refractivity contribution in [1.29, 1.82) is 0 Å². The van der Waals surface area contributed by atoms with Gasteiger partial charge in [-0.15, -0.1) is 0 Å². The highest BCUT2D eigenvalue weighted by atomic mass is 16.6. The Morgan fingerprint density at radius 2 is 0.836 bits per heavy atom. The summed E-state index contributed by atoms with van der Waals surface area (Å²) in [6, 6.07) is 28.4. The first-order valence-electron chi connectivity index (χ1n) is 17.5. The SMILES string of the molecule is Cc1nc(C(=O)OC(=O)c2nc(C)c3cc(Oc4ccccc4)ccc3c2OC(=O)C(C)(C)C)c(OC(=O)C(C)(C)C)c2ccc(Oc3ccccc3)cc12. The van der Waals surface area contributed by atoms with E-state index in [0.29, 0.717) is 55.9 Å². The standard InChI is InChI=1S/C44H40N2O9/c1-25-33-23-29(51-27-15-11-9-12-16-27)19-21-31(33)37(53-41(49)43(3,4)5)35(45-25)39(47)55-40(48)36-38(54-42(50)44(6,7)8)32-22-20-30(24-34(32)26(2)46-36)52-28-17-13-10-14-18-28/h9-24H,1-8H3. The van der Waals surface area contributed by atoms with Crippen molar-refractivity contribution in [2.45, 2.75) is 55.4 Å². The van der Waals surface area contributed by atoms with E-state index in [1.165, 1.54) is 0 Å². The number of benzene rings is 4. The van der Waals surface area contributed by atoms with Crippen LogP contribution in [0.25, 0.3) is 21.5 Å². The Morgan fingerprint density at radius 3 is 1.18 bits per heavy atom. The molecule has 0 aliphatic heterocycles. The number of rotatable bonds is 8. The zero-order valence-electron chi connectivity index (χ0n) is 31.8. The van der Waals surface area contributed by atoms with Gasteiger partial charge in [0.15, 0.2) is 22.9 Å². The molecule has 4 aromatic carbocycles. The number of hydrogen-bond donors (Lipinski definition) is 0. The van der Waals surface area contributed by atoms with Crippen LogP contribution in [0, 0.1) is 24.7 Å². The van der Waals surface area contributed by atoms with Gasteiger partial charge in [-0.3, -0.25) is 9.59 Å². The fourth-order valence-electron chi connectivity index (χ4n) is 5.39. The molecule has 0 amide bonds. The van der Waals surface area contributed by atoms with E-state index in [2.05, 4.69) is 9.97 Å². The summed E-state index contributed by atoms with van der Waals surface area (Å²) in [6.07, 6.45) is 0. The molecule has 0 fully saturated rings. The summed E-state index contributed by atoms with van der Waals surface area (Å²) in [5.41, 5.74) is -2.01. The number of carbonyl (C=O) groups excluding carboxylic acids is 4. The average molecular weight is 741 g/mol. The van der Waals surface area contributed by atoms with Crippen LogP contribution in [-0.4, -0.2) is 33.8 Å². The van der Waals surface area contributed by atoms with Gasteiger partial charge in [0.05, 0.1) is 10.8 Å². The van der Waals surface area contributed by atoms with Gasteiger partial charge in [0, 0.05) is 32.9 Å². The normalized spacial score (nSPS) is 11.6. The Morgan fingerprint density at radius 1 is 0.473 bits per heavy atom. The largest absolute Gasteiger partial charge is 0.457 e. The van der Waals surface area contributed by atoms with Crippen molar-refractivity contribution in [2.24, 2.45) is 10.8 Å². The second-order valence-corrected chi connectivity index (χ2v) is 15.0. The molecule has 6 rings (SSSR count). The van der Waals surface area contributed by atoms with Crippen LogP contribution in [0.3, 0.4) is 0 Å². The first-order valence-corrected chi connectivity index (χ1v) is 17.5. The summed E-state index contributed by atoms with van der Waals surface area (Å²) in [5.74, 6) is -1.94. The number of hydrogen-bond acceptors (Lipinski definition) is 11. The molecule has 0 atom stereocenters. The number of aryl methyl sites for hydroxylation is 2. The molecule has 0 bridgehead atoms. The predicted octanol–water partition coefficient (Wildman–Crippen LogP) is 9.88. The van der Waals surface area contributed by atoms with Gasteiger partial charge < -0.3 is 23.7 Å². The molecule has 11 nitrogen and oxygen atoms in total. The van der Waals surface area contributed by atoms with Gasteiger partial charge in [-0.1, -0.05) is 36.4 Å². The Bertz CT molecular complexity index is 2290. The zero-order chi connectivity index (χ0) is 39.7. The summed E-state index contributed by atoms with van der Waals surface area (Å²) >= 11 is 0. The number of carbonyl (C=O) groups is 4. The number of nitrogens with zero attached hydrogens (tertiary/aromatic N) is 2. The third-order valence-corrected chi connectivity index (χ3v) is 8.38. The fraction of sp³-hybridized carbons (Fsp3) is 0.227. The molecule has 55 heavy (non-hydrogen) atoms. The van der Waals surface area contributed by atoms with E-state index >= 15 is 0 Å². The molecule has 0 N–H and O–H groups in total. The number of aromatic nitrogens is 2. The Hall–Kier alpha value is -6.62. The van der Waals surface area contributed by atoms with Crippen LogP contribution in [0.5, 0.6) is 34.5 Å². The van der Waals surface area contributed by atoms with Crippen molar-refractivity contribution in [2.75, 3.05) is 0 Å². The zero-order valence-corrected chi connectivity index (χ0v) is 31.8. The van der Waals surface area contributed by atoms with Crippen molar-refractivity contribution >= 4 is 45.4 Å². The molecule has 0 saturated heterocycles. The summed E-state index contributed by atoms with van der Waals surface area (Å²) < 4.78 is 29.1. The molecule has 6 aromatic rings. The Kier molecular flexibility index (Phi) is 10.4. The molecular formula is C44H40N2O9. The van der Waals surface area contributed by atoms with Gasteiger partial charge in [0.2, 0.25) is 0 Å². The minimum atomic E-state index is -1.21. The second-order valence-electron chi connectivity index (χ2n) is 15.0. The molecule has 2 heterocycles. The minimum absolute atomic E-state index is 0.197. The van der Waals surface area contributed by atoms with E-state index in [1.807, 2.05) is 36.4 Å². The molecule has 0 aliphatic rings. The van der Waals surface area contributed by atoms with E-state index < -0.39 is 46.1 Å². The minimum Gasteiger partial charge on any atom is -0.457 e. The van der Waals surface area contributed by atoms with Crippen molar-refractivity contribution in [1.82, 2.24) is 9.97 Å². The van der Waals surface area contributed by atoms with Gasteiger partial charge in [0.25, 0.3) is 0 Å². The topological polar surface area (TPSA) is 140 Å². The number of fused-ring (bicyclic) bond motifs is 2. The predicted molar refractivity (Wildman–Crippen MR) is 206 cm³/mol. The van der Waals surface area contributed by atoms with Gasteiger partial charge in [0.1, 0.15) is 23.0 Å². The lowest BCUT2D eigenvalue weighted by atomic mass is 9.97. The maximum Gasteiger partial charge on any atom is 0.368 e. The summed E-state index contributed by atoms with van der Waals surface area (Å²) in [5, 5.41) is 1.79. The lowest BCUT2D eigenvalue weighted by molar-refractivity contribution is -0.143. The average Bonchev–Trinajstić information content (AvgIpc) is 3.13. The van der Waals surface area contributed by atoms with Crippen LogP contribution in [0.1, 0.15) is 73.9 Å². The molecule has 0 spiro atoms. The van der Waals surface area contributed by atoms with Gasteiger partial charge in [-0.05, 0) is 116 Å². The maximum absolute atomic E-state index is 14.0. The van der Waals surface area contributed by atoms with E-state index in [0.717, 1.165) is 0 Å². The Balaban J connectivity index is 1.41. The highest BCUT2D eigenvalue weighted by Crippen LogP contribution is 2.38.